The van der Waals surface area contributed by atoms with Gasteiger partial charge in [-0.25, -0.2) is 9.67 Å². The van der Waals surface area contributed by atoms with Crippen LogP contribution in [0.5, 0.6) is 5.75 Å². The first kappa shape index (κ1) is 22.6. The first-order valence-corrected chi connectivity index (χ1v) is 12.3. The number of benzene rings is 1. The smallest absolute Gasteiger partial charge is 0.225 e. The molecule has 0 radical (unpaired) electrons. The standard InChI is InChI=1S/C25H32N6O3/c32-15-4-16-34-22-6-3-5-21-20(22)17-27-31(21)23-11-12-26-25(29-23)28-19-9-7-18(8-10-19)24(33)30-13-1-2-14-30/h3,5-6,11-12,17-19,32H,1-2,4,7-10,13-16H2,(H,26,28,29)/t18-,19-. The van der Waals surface area contributed by atoms with E-state index in [4.69, 9.17) is 14.8 Å². The molecule has 0 unspecified atom stereocenters. The van der Waals surface area contributed by atoms with Gasteiger partial charge in [0.05, 0.1) is 23.7 Å². The summed E-state index contributed by atoms with van der Waals surface area (Å²) >= 11 is 0. The van der Waals surface area contributed by atoms with Crippen molar-refractivity contribution >= 4 is 22.8 Å². The van der Waals surface area contributed by atoms with Gasteiger partial charge in [-0.2, -0.15) is 10.1 Å². The van der Waals surface area contributed by atoms with E-state index in [0.29, 0.717) is 30.7 Å². The topological polar surface area (TPSA) is 105 Å². The van der Waals surface area contributed by atoms with Crippen molar-refractivity contribution in [1.29, 1.82) is 0 Å². The van der Waals surface area contributed by atoms with Crippen LogP contribution >= 0.6 is 0 Å². The Balaban J connectivity index is 1.24. The Hall–Kier alpha value is -3.20. The molecule has 5 rings (SSSR count). The maximum Gasteiger partial charge on any atom is 0.225 e. The van der Waals surface area contributed by atoms with E-state index < -0.39 is 0 Å². The summed E-state index contributed by atoms with van der Waals surface area (Å²) in [6.07, 6.45) is 10.1. The molecule has 3 aromatic rings. The summed E-state index contributed by atoms with van der Waals surface area (Å²) in [5, 5.41) is 17.9. The first-order valence-electron chi connectivity index (χ1n) is 12.3. The molecular formula is C25H32N6O3. The van der Waals surface area contributed by atoms with E-state index in [2.05, 4.69) is 15.4 Å². The zero-order valence-corrected chi connectivity index (χ0v) is 19.4. The van der Waals surface area contributed by atoms with Gasteiger partial charge in [-0.05, 0) is 50.7 Å². The number of hydrogen-bond acceptors (Lipinski definition) is 7. The van der Waals surface area contributed by atoms with E-state index in [1.54, 1.807) is 17.1 Å². The Morgan fingerprint density at radius 3 is 2.76 bits per heavy atom. The van der Waals surface area contributed by atoms with Crippen molar-refractivity contribution in [3.63, 3.8) is 0 Å². The molecule has 9 heteroatoms. The number of carbonyl (C=O) groups is 1. The quantitative estimate of drug-likeness (QED) is 0.493. The van der Waals surface area contributed by atoms with Crippen LogP contribution in [0.25, 0.3) is 16.7 Å². The predicted octanol–water partition coefficient (Wildman–Crippen LogP) is 3.17. The lowest BCUT2D eigenvalue weighted by atomic mass is 9.85. The third kappa shape index (κ3) is 4.84. The Bertz CT molecular complexity index is 1120. The van der Waals surface area contributed by atoms with Gasteiger partial charge in [0.15, 0.2) is 5.82 Å². The van der Waals surface area contributed by atoms with E-state index in [1.807, 2.05) is 29.2 Å². The maximum absolute atomic E-state index is 12.7. The monoisotopic (exact) mass is 464 g/mol. The molecule has 2 aromatic heterocycles. The van der Waals surface area contributed by atoms with Gasteiger partial charge in [-0.3, -0.25) is 4.79 Å². The van der Waals surface area contributed by atoms with Crippen molar-refractivity contribution in [2.24, 2.45) is 5.92 Å². The zero-order valence-electron chi connectivity index (χ0n) is 19.4. The van der Waals surface area contributed by atoms with Gasteiger partial charge in [0.1, 0.15) is 5.75 Å². The first-order chi connectivity index (χ1) is 16.7. The van der Waals surface area contributed by atoms with Crippen molar-refractivity contribution in [2.75, 3.05) is 31.6 Å². The second kappa shape index (κ2) is 10.4. The molecule has 9 nitrogen and oxygen atoms in total. The van der Waals surface area contributed by atoms with E-state index >= 15 is 0 Å². The summed E-state index contributed by atoms with van der Waals surface area (Å²) in [7, 11) is 0. The van der Waals surface area contributed by atoms with Crippen LogP contribution in [0.4, 0.5) is 5.95 Å². The fraction of sp³-hybridized carbons (Fsp3) is 0.520. The molecule has 1 amide bonds. The number of aliphatic hydroxyl groups is 1. The van der Waals surface area contributed by atoms with Gasteiger partial charge in [-0.15, -0.1) is 0 Å². The predicted molar refractivity (Wildman–Crippen MR) is 129 cm³/mol. The summed E-state index contributed by atoms with van der Waals surface area (Å²) in [5.41, 5.74) is 0.895. The highest BCUT2D eigenvalue weighted by molar-refractivity contribution is 5.86. The lowest BCUT2D eigenvalue weighted by molar-refractivity contribution is -0.135. The maximum atomic E-state index is 12.7. The number of aliphatic hydroxyl groups excluding tert-OH is 1. The largest absolute Gasteiger partial charge is 0.493 e. The number of aromatic nitrogens is 4. The van der Waals surface area contributed by atoms with Crippen LogP contribution in [0.15, 0.2) is 36.7 Å². The van der Waals surface area contributed by atoms with Crippen LogP contribution in [0.2, 0.25) is 0 Å². The van der Waals surface area contributed by atoms with Gasteiger partial charge < -0.3 is 20.1 Å². The Morgan fingerprint density at radius 2 is 1.97 bits per heavy atom. The molecule has 1 aliphatic heterocycles. The molecule has 1 saturated heterocycles. The molecule has 1 saturated carbocycles. The lowest BCUT2D eigenvalue weighted by Crippen LogP contribution is -2.37. The highest BCUT2D eigenvalue weighted by atomic mass is 16.5. The molecule has 34 heavy (non-hydrogen) atoms. The average Bonchev–Trinajstić information content (AvgIpc) is 3.55. The minimum absolute atomic E-state index is 0.0996. The number of hydrogen-bond donors (Lipinski definition) is 2. The number of likely N-dealkylation sites (tertiary alicyclic amines) is 1. The molecular weight excluding hydrogens is 432 g/mol. The van der Waals surface area contributed by atoms with Crippen LogP contribution in [-0.2, 0) is 4.79 Å². The van der Waals surface area contributed by atoms with Crippen molar-refractivity contribution in [3.8, 4) is 11.6 Å². The van der Waals surface area contributed by atoms with Gasteiger partial charge in [0, 0.05) is 50.3 Å². The highest BCUT2D eigenvalue weighted by Crippen LogP contribution is 2.29. The Morgan fingerprint density at radius 1 is 1.15 bits per heavy atom. The van der Waals surface area contributed by atoms with Crippen LogP contribution in [-0.4, -0.2) is 68.0 Å². The second-order valence-corrected chi connectivity index (χ2v) is 9.13. The summed E-state index contributed by atoms with van der Waals surface area (Å²) < 4.78 is 7.59. The number of ether oxygens (including phenoxy) is 1. The molecule has 2 N–H and O–H groups in total. The second-order valence-electron chi connectivity index (χ2n) is 9.13. The van der Waals surface area contributed by atoms with Crippen molar-refractivity contribution < 1.29 is 14.6 Å². The number of fused-ring (bicyclic) bond motifs is 1. The summed E-state index contributed by atoms with van der Waals surface area (Å²) in [4.78, 5) is 23.9. The fourth-order valence-corrected chi connectivity index (χ4v) is 4.98. The summed E-state index contributed by atoms with van der Waals surface area (Å²) in [6, 6.07) is 7.91. The molecule has 3 heterocycles. The van der Waals surface area contributed by atoms with E-state index in [9.17, 15) is 4.79 Å². The minimum Gasteiger partial charge on any atom is -0.493 e. The van der Waals surface area contributed by atoms with Gasteiger partial charge >= 0.3 is 0 Å². The SMILES string of the molecule is O=C([C@H]1CC[C@H](Nc2nccc(-n3ncc4c(OCCCO)cccc43)n2)CC1)N1CCCC1. The molecule has 0 bridgehead atoms. The molecule has 2 aliphatic rings. The van der Waals surface area contributed by atoms with E-state index in [-0.39, 0.29) is 18.6 Å². The molecule has 1 aliphatic carbocycles. The van der Waals surface area contributed by atoms with Gasteiger partial charge in [0.25, 0.3) is 0 Å². The molecule has 180 valence electrons. The van der Waals surface area contributed by atoms with Gasteiger partial charge in [-0.1, -0.05) is 6.07 Å². The van der Waals surface area contributed by atoms with Crippen LogP contribution in [0.3, 0.4) is 0 Å². The number of carbonyl (C=O) groups excluding carboxylic acids is 1. The fourth-order valence-electron chi connectivity index (χ4n) is 4.98. The van der Waals surface area contributed by atoms with E-state index in [1.165, 1.54) is 0 Å². The molecule has 0 spiro atoms. The number of amides is 1. The zero-order chi connectivity index (χ0) is 23.3. The lowest BCUT2D eigenvalue weighted by Gasteiger charge is -2.30. The van der Waals surface area contributed by atoms with Crippen LogP contribution < -0.4 is 10.1 Å². The number of rotatable bonds is 8. The Labute approximate surface area is 199 Å². The third-order valence-electron chi connectivity index (χ3n) is 6.82. The third-order valence-corrected chi connectivity index (χ3v) is 6.82. The molecule has 0 atom stereocenters. The summed E-state index contributed by atoms with van der Waals surface area (Å²) in [5.74, 6) is 2.50. The van der Waals surface area contributed by atoms with Crippen molar-refractivity contribution in [3.05, 3.63) is 36.7 Å². The normalized spacial score (nSPS) is 20.6. The number of nitrogens with one attached hydrogen (secondary N) is 1. The molecule has 2 fully saturated rings. The van der Waals surface area contributed by atoms with Gasteiger partial charge in [0.2, 0.25) is 11.9 Å². The van der Waals surface area contributed by atoms with Crippen LogP contribution in [0, 0.1) is 5.92 Å². The summed E-state index contributed by atoms with van der Waals surface area (Å²) in [6.45, 7) is 2.41. The van der Waals surface area contributed by atoms with Crippen LogP contribution in [0.1, 0.15) is 44.9 Å². The highest BCUT2D eigenvalue weighted by Gasteiger charge is 2.30. The minimum atomic E-state index is 0.0996. The van der Waals surface area contributed by atoms with Crippen molar-refractivity contribution in [2.45, 2.75) is 51.0 Å². The molecule has 1 aromatic carbocycles. The Kier molecular flexibility index (Phi) is 6.89. The average molecular weight is 465 g/mol. The van der Waals surface area contributed by atoms with E-state index in [0.717, 1.165) is 68.3 Å². The number of anilines is 1. The van der Waals surface area contributed by atoms with Crippen molar-refractivity contribution in [1.82, 2.24) is 24.6 Å². The number of nitrogens with zero attached hydrogens (tertiary/aromatic N) is 5.